The minimum atomic E-state index is -3.13. The number of hydrogen-bond acceptors (Lipinski definition) is 6. The number of carbonyl (C=O) groups excluding carboxylic acids is 2. The first kappa shape index (κ1) is 19.2. The fourth-order valence-electron chi connectivity index (χ4n) is 2.78. The number of hydrogen-bond donors (Lipinski definition) is 1. The standard InChI is InChI=1S/C16H21FN2O5S/c1-2-6-19(12-5-7-25(22,23)10-12)15(20)9-24-16(21)13-4-3-11(17)8-14(13)18/h3-4,8,12H,2,5-7,9-10,18H2,1H3/t12-/m1/s1. The van der Waals surface area contributed by atoms with Crippen LogP contribution in [-0.2, 0) is 19.4 Å². The summed E-state index contributed by atoms with van der Waals surface area (Å²) >= 11 is 0. The molecule has 1 fully saturated rings. The topological polar surface area (TPSA) is 107 Å². The normalized spacial score (nSPS) is 18.7. The van der Waals surface area contributed by atoms with Crippen LogP contribution >= 0.6 is 0 Å². The van der Waals surface area contributed by atoms with Crippen LogP contribution in [0.25, 0.3) is 0 Å². The third-order valence-electron chi connectivity index (χ3n) is 3.99. The van der Waals surface area contributed by atoms with Gasteiger partial charge in [-0.05, 0) is 31.0 Å². The molecule has 138 valence electrons. The van der Waals surface area contributed by atoms with Crippen molar-refractivity contribution in [2.45, 2.75) is 25.8 Å². The highest BCUT2D eigenvalue weighted by Gasteiger charge is 2.34. The van der Waals surface area contributed by atoms with Crippen LogP contribution in [0.3, 0.4) is 0 Å². The number of anilines is 1. The van der Waals surface area contributed by atoms with E-state index >= 15 is 0 Å². The molecule has 25 heavy (non-hydrogen) atoms. The van der Waals surface area contributed by atoms with E-state index in [0.29, 0.717) is 19.4 Å². The van der Waals surface area contributed by atoms with Crippen LogP contribution in [0.1, 0.15) is 30.1 Å². The number of carbonyl (C=O) groups is 2. The van der Waals surface area contributed by atoms with Crippen molar-refractivity contribution < 1.29 is 27.1 Å². The summed E-state index contributed by atoms with van der Waals surface area (Å²) in [5, 5.41) is 0. The molecule has 1 aromatic rings. The number of rotatable bonds is 6. The Morgan fingerprint density at radius 3 is 2.68 bits per heavy atom. The van der Waals surface area contributed by atoms with Gasteiger partial charge >= 0.3 is 5.97 Å². The van der Waals surface area contributed by atoms with Gasteiger partial charge in [-0.3, -0.25) is 4.79 Å². The summed E-state index contributed by atoms with van der Waals surface area (Å²) in [6.07, 6.45) is 1.04. The quantitative estimate of drug-likeness (QED) is 0.589. The second kappa shape index (κ2) is 7.81. The fourth-order valence-corrected chi connectivity index (χ4v) is 4.51. The van der Waals surface area contributed by atoms with E-state index in [9.17, 15) is 22.4 Å². The summed E-state index contributed by atoms with van der Waals surface area (Å²) in [5.41, 5.74) is 5.46. The highest BCUT2D eigenvalue weighted by Crippen LogP contribution is 2.19. The van der Waals surface area contributed by atoms with E-state index in [-0.39, 0.29) is 22.8 Å². The molecule has 1 saturated heterocycles. The maximum atomic E-state index is 13.0. The lowest BCUT2D eigenvalue weighted by Crippen LogP contribution is -2.43. The van der Waals surface area contributed by atoms with Crippen molar-refractivity contribution in [3.8, 4) is 0 Å². The molecule has 0 saturated carbocycles. The number of ether oxygens (including phenoxy) is 1. The minimum absolute atomic E-state index is 0.0281. The van der Waals surface area contributed by atoms with Gasteiger partial charge in [-0.25, -0.2) is 17.6 Å². The summed E-state index contributed by atoms with van der Waals surface area (Å²) in [6.45, 7) is 1.73. The Kier molecular flexibility index (Phi) is 5.99. The maximum Gasteiger partial charge on any atom is 0.340 e. The smallest absolute Gasteiger partial charge is 0.340 e. The van der Waals surface area contributed by atoms with Gasteiger partial charge in [0.05, 0.1) is 17.1 Å². The lowest BCUT2D eigenvalue weighted by molar-refractivity contribution is -0.136. The molecule has 0 aliphatic carbocycles. The fraction of sp³-hybridized carbons (Fsp3) is 0.500. The van der Waals surface area contributed by atoms with Crippen molar-refractivity contribution >= 4 is 27.4 Å². The Bertz CT molecular complexity index is 766. The molecule has 1 aromatic carbocycles. The predicted octanol–water partition coefficient (Wildman–Crippen LogP) is 0.990. The van der Waals surface area contributed by atoms with Gasteiger partial charge in [0.1, 0.15) is 5.82 Å². The molecule has 1 aliphatic heterocycles. The Labute approximate surface area is 145 Å². The summed E-state index contributed by atoms with van der Waals surface area (Å²) in [5.74, 6) is -1.89. The monoisotopic (exact) mass is 372 g/mol. The minimum Gasteiger partial charge on any atom is -0.452 e. The van der Waals surface area contributed by atoms with Gasteiger partial charge in [-0.15, -0.1) is 0 Å². The molecule has 0 spiro atoms. The second-order valence-electron chi connectivity index (χ2n) is 5.95. The van der Waals surface area contributed by atoms with Gasteiger partial charge in [-0.2, -0.15) is 0 Å². The zero-order chi connectivity index (χ0) is 18.6. The first-order valence-corrected chi connectivity index (χ1v) is 9.77. The third kappa shape index (κ3) is 4.91. The summed E-state index contributed by atoms with van der Waals surface area (Å²) in [4.78, 5) is 25.8. The average Bonchev–Trinajstić information content (AvgIpc) is 2.89. The van der Waals surface area contributed by atoms with Crippen molar-refractivity contribution in [2.75, 3.05) is 30.4 Å². The van der Waals surface area contributed by atoms with Crippen LogP contribution < -0.4 is 5.73 Å². The summed E-state index contributed by atoms with van der Waals surface area (Å²) in [6, 6.07) is 2.85. The number of amides is 1. The van der Waals surface area contributed by atoms with Gasteiger partial charge in [0.15, 0.2) is 16.4 Å². The lowest BCUT2D eigenvalue weighted by atomic mass is 10.2. The van der Waals surface area contributed by atoms with Crippen molar-refractivity contribution in [3.05, 3.63) is 29.6 Å². The molecular formula is C16H21FN2O5S. The van der Waals surface area contributed by atoms with Gasteiger partial charge in [0.25, 0.3) is 5.91 Å². The molecule has 2 N–H and O–H groups in total. The van der Waals surface area contributed by atoms with E-state index in [2.05, 4.69) is 0 Å². The van der Waals surface area contributed by atoms with Gasteiger partial charge < -0.3 is 15.4 Å². The maximum absolute atomic E-state index is 13.0. The SMILES string of the molecule is CCCN(C(=O)COC(=O)c1ccc(F)cc1N)[C@@H]1CCS(=O)(=O)C1. The number of halogens is 1. The van der Waals surface area contributed by atoms with Crippen LogP contribution in [-0.4, -0.2) is 55.9 Å². The van der Waals surface area contributed by atoms with Crippen LogP contribution in [0, 0.1) is 5.82 Å². The van der Waals surface area contributed by atoms with Crippen LogP contribution in [0.2, 0.25) is 0 Å². The third-order valence-corrected chi connectivity index (χ3v) is 5.74. The molecule has 2 rings (SSSR count). The Hall–Kier alpha value is -2.16. The molecule has 7 nitrogen and oxygen atoms in total. The number of benzene rings is 1. The molecule has 1 heterocycles. The van der Waals surface area contributed by atoms with E-state index in [1.54, 1.807) is 0 Å². The molecule has 0 aromatic heterocycles. The first-order chi connectivity index (χ1) is 11.7. The molecule has 0 unspecified atom stereocenters. The number of esters is 1. The molecule has 9 heteroatoms. The largest absolute Gasteiger partial charge is 0.452 e. The number of sulfone groups is 1. The van der Waals surface area contributed by atoms with E-state index in [4.69, 9.17) is 10.5 Å². The van der Waals surface area contributed by atoms with Gasteiger partial charge in [-0.1, -0.05) is 6.92 Å². The Morgan fingerprint density at radius 1 is 1.40 bits per heavy atom. The van der Waals surface area contributed by atoms with Crippen molar-refractivity contribution in [2.24, 2.45) is 0 Å². The summed E-state index contributed by atoms with van der Waals surface area (Å²) in [7, 11) is -3.13. The molecule has 1 aliphatic rings. The number of nitrogens with zero attached hydrogens (tertiary/aromatic N) is 1. The molecule has 1 amide bonds. The van der Waals surface area contributed by atoms with Gasteiger partial charge in [0.2, 0.25) is 0 Å². The Morgan fingerprint density at radius 2 is 2.12 bits per heavy atom. The van der Waals surface area contributed by atoms with E-state index < -0.39 is 40.2 Å². The van der Waals surface area contributed by atoms with Crippen molar-refractivity contribution in [1.29, 1.82) is 0 Å². The molecule has 0 bridgehead atoms. The number of nitrogens with two attached hydrogens (primary N) is 1. The van der Waals surface area contributed by atoms with E-state index in [1.807, 2.05) is 6.92 Å². The van der Waals surface area contributed by atoms with E-state index in [0.717, 1.165) is 12.1 Å². The van der Waals surface area contributed by atoms with Gasteiger partial charge in [0, 0.05) is 18.3 Å². The van der Waals surface area contributed by atoms with Crippen molar-refractivity contribution in [1.82, 2.24) is 4.90 Å². The Balaban J connectivity index is 2.00. The predicted molar refractivity (Wildman–Crippen MR) is 90.2 cm³/mol. The highest BCUT2D eigenvalue weighted by molar-refractivity contribution is 7.91. The first-order valence-electron chi connectivity index (χ1n) is 7.95. The zero-order valence-corrected chi connectivity index (χ0v) is 14.7. The highest BCUT2D eigenvalue weighted by atomic mass is 32.2. The van der Waals surface area contributed by atoms with Crippen LogP contribution in [0.4, 0.5) is 10.1 Å². The lowest BCUT2D eigenvalue weighted by Gasteiger charge is -2.27. The molecular weight excluding hydrogens is 351 g/mol. The van der Waals surface area contributed by atoms with Crippen molar-refractivity contribution in [3.63, 3.8) is 0 Å². The zero-order valence-electron chi connectivity index (χ0n) is 13.9. The molecule has 0 radical (unpaired) electrons. The van der Waals surface area contributed by atoms with E-state index in [1.165, 1.54) is 11.0 Å². The average molecular weight is 372 g/mol. The second-order valence-corrected chi connectivity index (χ2v) is 8.18. The number of nitrogen functional groups attached to an aromatic ring is 1. The molecule has 1 atom stereocenters. The summed E-state index contributed by atoms with van der Waals surface area (Å²) < 4.78 is 41.2. The van der Waals surface area contributed by atoms with Crippen LogP contribution in [0.15, 0.2) is 18.2 Å². The van der Waals surface area contributed by atoms with Crippen LogP contribution in [0.5, 0.6) is 0 Å².